The molecule has 1 atom stereocenters. The molecule has 0 aromatic rings. The van der Waals surface area contributed by atoms with Crippen molar-refractivity contribution in [2.24, 2.45) is 0 Å². The van der Waals surface area contributed by atoms with E-state index in [1.165, 1.54) is 0 Å². The maximum Gasteiger partial charge on any atom is 0.217 e. The molecular weight excluding hydrogens is 246 g/mol. The highest BCUT2D eigenvalue weighted by molar-refractivity contribution is 7.90. The van der Waals surface area contributed by atoms with Gasteiger partial charge in [0.2, 0.25) is 10.0 Å². The summed E-state index contributed by atoms with van der Waals surface area (Å²) in [5.74, 6) is 0. The highest BCUT2D eigenvalue weighted by Gasteiger charge is 2.30. The molecule has 3 nitrogen and oxygen atoms in total. The van der Waals surface area contributed by atoms with Gasteiger partial charge in [-0.05, 0) is 40.0 Å². The van der Waals surface area contributed by atoms with Gasteiger partial charge in [-0.25, -0.2) is 13.1 Å². The first-order chi connectivity index (χ1) is 8.24. The fraction of sp³-hybridized carbons (Fsp3) is 0.714. The van der Waals surface area contributed by atoms with Crippen LogP contribution in [0.25, 0.3) is 0 Å². The summed E-state index contributed by atoms with van der Waals surface area (Å²) >= 11 is 0. The molecule has 0 amide bonds. The van der Waals surface area contributed by atoms with Crippen LogP contribution in [0.2, 0.25) is 0 Å². The van der Waals surface area contributed by atoms with Crippen LogP contribution in [0.3, 0.4) is 0 Å². The standard InChI is InChI=1S/C14H27NO2S/c1-6-8-9-10-11-12-13(7-2)15-18(16,17)14(3,4)5/h6-7,13,15H,1-2,8-12H2,3-5H3. The van der Waals surface area contributed by atoms with E-state index < -0.39 is 14.8 Å². The first-order valence-electron chi connectivity index (χ1n) is 6.50. The van der Waals surface area contributed by atoms with Gasteiger partial charge in [-0.15, -0.1) is 13.2 Å². The van der Waals surface area contributed by atoms with E-state index in [4.69, 9.17) is 0 Å². The van der Waals surface area contributed by atoms with Gasteiger partial charge in [0.1, 0.15) is 0 Å². The van der Waals surface area contributed by atoms with E-state index in [9.17, 15) is 8.42 Å². The SMILES string of the molecule is C=CCCCCCC(C=C)NS(=O)(=O)C(C)(C)C. The van der Waals surface area contributed by atoms with Crippen LogP contribution in [0, 0.1) is 0 Å². The average molecular weight is 273 g/mol. The van der Waals surface area contributed by atoms with Crippen LogP contribution in [-0.2, 0) is 10.0 Å². The highest BCUT2D eigenvalue weighted by Crippen LogP contribution is 2.15. The summed E-state index contributed by atoms with van der Waals surface area (Å²) in [7, 11) is -3.29. The Hall–Kier alpha value is -0.610. The molecule has 0 fully saturated rings. The molecule has 0 radical (unpaired) electrons. The number of hydrogen-bond donors (Lipinski definition) is 1. The van der Waals surface area contributed by atoms with Crippen LogP contribution in [-0.4, -0.2) is 19.2 Å². The van der Waals surface area contributed by atoms with E-state index in [0.717, 1.165) is 32.1 Å². The smallest absolute Gasteiger partial charge is 0.212 e. The quantitative estimate of drug-likeness (QED) is 0.517. The first kappa shape index (κ1) is 17.4. The van der Waals surface area contributed by atoms with Crippen molar-refractivity contribution in [1.82, 2.24) is 4.72 Å². The lowest BCUT2D eigenvalue weighted by molar-refractivity contribution is 0.519. The van der Waals surface area contributed by atoms with Crippen LogP contribution in [0.4, 0.5) is 0 Å². The molecule has 0 saturated carbocycles. The fourth-order valence-corrected chi connectivity index (χ4v) is 2.40. The molecule has 1 unspecified atom stereocenters. The van der Waals surface area contributed by atoms with E-state index in [1.54, 1.807) is 26.8 Å². The number of unbranched alkanes of at least 4 members (excludes halogenated alkanes) is 3. The molecule has 4 heteroatoms. The van der Waals surface area contributed by atoms with Crippen molar-refractivity contribution in [3.8, 4) is 0 Å². The third-order valence-electron chi connectivity index (χ3n) is 2.82. The molecule has 18 heavy (non-hydrogen) atoms. The minimum atomic E-state index is -3.29. The molecule has 0 aliphatic heterocycles. The zero-order chi connectivity index (χ0) is 14.2. The van der Waals surface area contributed by atoms with Gasteiger partial charge < -0.3 is 0 Å². The van der Waals surface area contributed by atoms with Crippen LogP contribution in [0.5, 0.6) is 0 Å². The van der Waals surface area contributed by atoms with Gasteiger partial charge in [-0.1, -0.05) is 25.0 Å². The predicted molar refractivity (Wildman–Crippen MR) is 79.1 cm³/mol. The van der Waals surface area contributed by atoms with Gasteiger partial charge in [0, 0.05) is 6.04 Å². The second kappa shape index (κ2) is 7.74. The molecule has 0 heterocycles. The lowest BCUT2D eigenvalue weighted by atomic mass is 10.1. The number of allylic oxidation sites excluding steroid dienone is 1. The minimum Gasteiger partial charge on any atom is -0.212 e. The third-order valence-corrected chi connectivity index (χ3v) is 5.05. The summed E-state index contributed by atoms with van der Waals surface area (Å²) < 4.78 is 25.9. The van der Waals surface area contributed by atoms with Crippen molar-refractivity contribution < 1.29 is 8.42 Å². The lowest BCUT2D eigenvalue weighted by Gasteiger charge is -2.23. The predicted octanol–water partition coefficient (Wildman–Crippen LogP) is 3.40. The second-order valence-electron chi connectivity index (χ2n) is 5.50. The molecule has 0 spiro atoms. The van der Waals surface area contributed by atoms with Crippen molar-refractivity contribution in [3.05, 3.63) is 25.3 Å². The summed E-state index contributed by atoms with van der Waals surface area (Å²) in [4.78, 5) is 0. The second-order valence-corrected chi connectivity index (χ2v) is 7.97. The Kier molecular flexibility index (Phi) is 7.48. The largest absolute Gasteiger partial charge is 0.217 e. The first-order valence-corrected chi connectivity index (χ1v) is 7.98. The van der Waals surface area contributed by atoms with E-state index in [1.807, 2.05) is 6.08 Å². The molecule has 0 rings (SSSR count). The van der Waals surface area contributed by atoms with Crippen LogP contribution >= 0.6 is 0 Å². The van der Waals surface area contributed by atoms with Crippen LogP contribution in [0.1, 0.15) is 52.9 Å². The zero-order valence-electron chi connectivity index (χ0n) is 11.9. The summed E-state index contributed by atoms with van der Waals surface area (Å²) in [6.07, 6.45) is 8.61. The topological polar surface area (TPSA) is 46.2 Å². The summed E-state index contributed by atoms with van der Waals surface area (Å²) in [5, 5.41) is 0. The number of hydrogen-bond acceptors (Lipinski definition) is 2. The molecule has 0 aliphatic rings. The maximum absolute atomic E-state index is 12.0. The molecule has 0 aromatic carbocycles. The molecular formula is C14H27NO2S. The number of rotatable bonds is 9. The van der Waals surface area contributed by atoms with Crippen molar-refractivity contribution >= 4 is 10.0 Å². The monoisotopic (exact) mass is 273 g/mol. The van der Waals surface area contributed by atoms with E-state index in [2.05, 4.69) is 17.9 Å². The van der Waals surface area contributed by atoms with Crippen molar-refractivity contribution in [2.75, 3.05) is 0 Å². The Balaban J connectivity index is 4.20. The van der Waals surface area contributed by atoms with Gasteiger partial charge in [-0.3, -0.25) is 0 Å². The van der Waals surface area contributed by atoms with Crippen molar-refractivity contribution in [1.29, 1.82) is 0 Å². The molecule has 1 N–H and O–H groups in total. The molecule has 106 valence electrons. The maximum atomic E-state index is 12.0. The minimum absolute atomic E-state index is 0.169. The fourth-order valence-electron chi connectivity index (χ4n) is 1.43. The molecule has 0 aliphatic carbocycles. The van der Waals surface area contributed by atoms with E-state index in [0.29, 0.717) is 0 Å². The molecule has 0 saturated heterocycles. The Bertz CT molecular complexity index is 352. The van der Waals surface area contributed by atoms with Crippen LogP contribution in [0.15, 0.2) is 25.3 Å². The Morgan fingerprint density at radius 2 is 1.78 bits per heavy atom. The van der Waals surface area contributed by atoms with Crippen molar-refractivity contribution in [3.63, 3.8) is 0 Å². The van der Waals surface area contributed by atoms with Gasteiger partial charge in [0.25, 0.3) is 0 Å². The summed E-state index contributed by atoms with van der Waals surface area (Å²) in [5.41, 5.74) is 0. The zero-order valence-corrected chi connectivity index (χ0v) is 12.7. The number of nitrogens with one attached hydrogen (secondary N) is 1. The molecule has 0 bridgehead atoms. The summed E-state index contributed by atoms with van der Waals surface area (Å²) in [6, 6.07) is -0.169. The Labute approximate surface area is 112 Å². The van der Waals surface area contributed by atoms with Crippen LogP contribution < -0.4 is 4.72 Å². The average Bonchev–Trinajstić information content (AvgIpc) is 2.25. The van der Waals surface area contributed by atoms with Gasteiger partial charge in [0.05, 0.1) is 4.75 Å². The summed E-state index contributed by atoms with van der Waals surface area (Å²) in [6.45, 7) is 12.5. The highest BCUT2D eigenvalue weighted by atomic mass is 32.2. The van der Waals surface area contributed by atoms with Crippen molar-refractivity contribution in [2.45, 2.75) is 63.7 Å². The number of sulfonamides is 1. The van der Waals surface area contributed by atoms with Gasteiger partial charge in [0.15, 0.2) is 0 Å². The van der Waals surface area contributed by atoms with Gasteiger partial charge in [-0.2, -0.15) is 0 Å². The van der Waals surface area contributed by atoms with E-state index >= 15 is 0 Å². The molecule has 0 aromatic heterocycles. The lowest BCUT2D eigenvalue weighted by Crippen LogP contribution is -2.43. The van der Waals surface area contributed by atoms with Gasteiger partial charge >= 0.3 is 0 Å². The third kappa shape index (κ3) is 6.36. The van der Waals surface area contributed by atoms with E-state index in [-0.39, 0.29) is 6.04 Å². The Morgan fingerprint density at radius 1 is 1.17 bits per heavy atom. The Morgan fingerprint density at radius 3 is 2.22 bits per heavy atom. The normalized spacial score (nSPS) is 14.2.